The number of halogens is 1. The molecule has 1 heterocycles. The maximum atomic E-state index is 6.27. The molecule has 4 heteroatoms. The van der Waals surface area contributed by atoms with Gasteiger partial charge in [-0.2, -0.15) is 5.10 Å². The lowest BCUT2D eigenvalue weighted by Crippen LogP contribution is -2.14. The zero-order valence-electron chi connectivity index (χ0n) is 13.3. The molecule has 0 radical (unpaired) electrons. The van der Waals surface area contributed by atoms with Crippen LogP contribution in [0.5, 0.6) is 0 Å². The fourth-order valence-electron chi connectivity index (χ4n) is 2.56. The number of hydrogen-bond acceptors (Lipinski definition) is 2. The molecule has 21 heavy (non-hydrogen) atoms. The summed E-state index contributed by atoms with van der Waals surface area (Å²) in [4.78, 5) is 0. The monoisotopic (exact) mass is 305 g/mol. The summed E-state index contributed by atoms with van der Waals surface area (Å²) in [5.74, 6) is 0. The van der Waals surface area contributed by atoms with E-state index in [0.717, 1.165) is 42.2 Å². The third kappa shape index (κ3) is 3.30. The van der Waals surface area contributed by atoms with Gasteiger partial charge in [0.25, 0.3) is 0 Å². The molecule has 0 saturated heterocycles. The van der Waals surface area contributed by atoms with Gasteiger partial charge >= 0.3 is 0 Å². The number of aryl methyl sites for hydroxylation is 2. The van der Waals surface area contributed by atoms with Crippen molar-refractivity contribution in [1.29, 1.82) is 0 Å². The standard InChI is InChI=1S/C17H24ClN3/c1-5-16-14(11-19-7-3)17(6-2)21(20-16)13-9-8-12(4)15(18)10-13/h8-10,19H,5-7,11H2,1-4H3. The lowest BCUT2D eigenvalue weighted by Gasteiger charge is -2.09. The normalized spacial score (nSPS) is 11.1. The second kappa shape index (κ2) is 7.10. The smallest absolute Gasteiger partial charge is 0.0674 e. The van der Waals surface area contributed by atoms with Gasteiger partial charge < -0.3 is 5.32 Å². The summed E-state index contributed by atoms with van der Waals surface area (Å²) in [7, 11) is 0. The molecule has 0 amide bonds. The van der Waals surface area contributed by atoms with Gasteiger partial charge in [0.15, 0.2) is 0 Å². The third-order valence-electron chi connectivity index (χ3n) is 3.79. The molecule has 114 valence electrons. The fraction of sp³-hybridized carbons (Fsp3) is 0.471. The minimum atomic E-state index is 0.788. The average Bonchev–Trinajstić information content (AvgIpc) is 2.85. The van der Waals surface area contributed by atoms with E-state index in [1.54, 1.807) is 0 Å². The van der Waals surface area contributed by atoms with Crippen molar-refractivity contribution in [3.63, 3.8) is 0 Å². The van der Waals surface area contributed by atoms with Crippen LogP contribution >= 0.6 is 11.6 Å². The molecule has 0 aliphatic carbocycles. The number of nitrogens with one attached hydrogen (secondary N) is 1. The van der Waals surface area contributed by atoms with Gasteiger partial charge in [-0.25, -0.2) is 4.68 Å². The molecule has 2 rings (SSSR count). The third-order valence-corrected chi connectivity index (χ3v) is 4.20. The second-order valence-electron chi connectivity index (χ2n) is 5.20. The predicted molar refractivity (Wildman–Crippen MR) is 89.4 cm³/mol. The van der Waals surface area contributed by atoms with Crippen LogP contribution in [0.3, 0.4) is 0 Å². The van der Waals surface area contributed by atoms with Crippen molar-refractivity contribution in [2.24, 2.45) is 0 Å². The van der Waals surface area contributed by atoms with Crippen molar-refractivity contribution in [2.75, 3.05) is 6.54 Å². The van der Waals surface area contributed by atoms with Crippen molar-refractivity contribution in [2.45, 2.75) is 47.1 Å². The summed E-state index contributed by atoms with van der Waals surface area (Å²) in [5, 5.41) is 9.02. The van der Waals surface area contributed by atoms with Gasteiger partial charge in [-0.3, -0.25) is 0 Å². The summed E-state index contributed by atoms with van der Waals surface area (Å²) in [6.07, 6.45) is 1.90. The average molecular weight is 306 g/mol. The van der Waals surface area contributed by atoms with Gasteiger partial charge in [0.1, 0.15) is 0 Å². The Morgan fingerprint density at radius 3 is 2.52 bits per heavy atom. The van der Waals surface area contributed by atoms with Crippen LogP contribution in [0.4, 0.5) is 0 Å². The van der Waals surface area contributed by atoms with Gasteiger partial charge in [-0.1, -0.05) is 38.4 Å². The van der Waals surface area contributed by atoms with E-state index in [1.165, 1.54) is 17.0 Å². The largest absolute Gasteiger partial charge is 0.313 e. The topological polar surface area (TPSA) is 29.9 Å². The molecule has 0 spiro atoms. The van der Waals surface area contributed by atoms with E-state index in [9.17, 15) is 0 Å². The van der Waals surface area contributed by atoms with Crippen LogP contribution in [-0.4, -0.2) is 16.3 Å². The molecule has 1 aromatic carbocycles. The second-order valence-corrected chi connectivity index (χ2v) is 5.61. The molecular weight excluding hydrogens is 282 g/mol. The first-order chi connectivity index (χ1) is 10.1. The highest BCUT2D eigenvalue weighted by Crippen LogP contribution is 2.24. The van der Waals surface area contributed by atoms with Gasteiger partial charge in [-0.15, -0.1) is 0 Å². The maximum absolute atomic E-state index is 6.27. The van der Waals surface area contributed by atoms with Crippen molar-refractivity contribution < 1.29 is 0 Å². The molecule has 1 aromatic heterocycles. The number of nitrogens with zero attached hydrogens (tertiary/aromatic N) is 2. The first-order valence-electron chi connectivity index (χ1n) is 7.69. The van der Waals surface area contributed by atoms with Crippen molar-refractivity contribution in [3.8, 4) is 5.69 Å². The molecule has 3 nitrogen and oxygen atoms in total. The molecule has 2 aromatic rings. The van der Waals surface area contributed by atoms with E-state index in [1.807, 2.05) is 19.1 Å². The zero-order valence-corrected chi connectivity index (χ0v) is 14.1. The van der Waals surface area contributed by atoms with Gasteiger partial charge in [0.05, 0.1) is 11.4 Å². The number of hydrogen-bond donors (Lipinski definition) is 1. The van der Waals surface area contributed by atoms with Crippen LogP contribution in [0, 0.1) is 6.92 Å². The summed E-state index contributed by atoms with van der Waals surface area (Å²) in [5.41, 5.74) is 5.91. The van der Waals surface area contributed by atoms with Gasteiger partial charge in [0.2, 0.25) is 0 Å². The van der Waals surface area contributed by atoms with Crippen LogP contribution in [-0.2, 0) is 19.4 Å². The van der Waals surface area contributed by atoms with Crippen molar-refractivity contribution in [1.82, 2.24) is 15.1 Å². The highest BCUT2D eigenvalue weighted by Gasteiger charge is 2.16. The zero-order chi connectivity index (χ0) is 15.4. The molecule has 0 aliphatic rings. The van der Waals surface area contributed by atoms with Crippen LogP contribution in [0.25, 0.3) is 5.69 Å². The minimum Gasteiger partial charge on any atom is -0.313 e. The van der Waals surface area contributed by atoms with Crippen LogP contribution < -0.4 is 5.32 Å². The molecule has 0 bridgehead atoms. The summed E-state index contributed by atoms with van der Waals surface area (Å²) in [6, 6.07) is 6.14. The molecule has 0 atom stereocenters. The Morgan fingerprint density at radius 2 is 1.95 bits per heavy atom. The van der Waals surface area contributed by atoms with E-state index in [2.05, 4.69) is 36.8 Å². The number of rotatable bonds is 6. The Labute approximate surface area is 132 Å². The lowest BCUT2D eigenvalue weighted by atomic mass is 10.1. The summed E-state index contributed by atoms with van der Waals surface area (Å²) < 4.78 is 2.05. The fourth-order valence-corrected chi connectivity index (χ4v) is 2.74. The van der Waals surface area contributed by atoms with E-state index in [4.69, 9.17) is 16.7 Å². The van der Waals surface area contributed by atoms with Crippen LogP contribution in [0.2, 0.25) is 5.02 Å². The molecule has 0 saturated carbocycles. The first kappa shape index (κ1) is 16.1. The van der Waals surface area contributed by atoms with E-state index in [0.29, 0.717) is 0 Å². The molecular formula is C17H24ClN3. The summed E-state index contributed by atoms with van der Waals surface area (Å²) in [6.45, 7) is 10.3. The number of aromatic nitrogens is 2. The van der Waals surface area contributed by atoms with Gasteiger partial charge in [-0.05, 0) is 44.0 Å². The Morgan fingerprint density at radius 1 is 1.19 bits per heavy atom. The van der Waals surface area contributed by atoms with Crippen molar-refractivity contribution in [3.05, 3.63) is 45.7 Å². The Balaban J connectivity index is 2.52. The van der Waals surface area contributed by atoms with Gasteiger partial charge in [0, 0.05) is 22.8 Å². The highest BCUT2D eigenvalue weighted by molar-refractivity contribution is 6.31. The Bertz CT molecular complexity index is 617. The molecule has 0 fully saturated rings. The highest BCUT2D eigenvalue weighted by atomic mass is 35.5. The van der Waals surface area contributed by atoms with E-state index < -0.39 is 0 Å². The van der Waals surface area contributed by atoms with Crippen LogP contribution in [0.1, 0.15) is 43.3 Å². The molecule has 1 N–H and O–H groups in total. The van der Waals surface area contributed by atoms with E-state index in [-0.39, 0.29) is 0 Å². The quantitative estimate of drug-likeness (QED) is 0.872. The van der Waals surface area contributed by atoms with E-state index >= 15 is 0 Å². The first-order valence-corrected chi connectivity index (χ1v) is 8.06. The minimum absolute atomic E-state index is 0.788. The molecule has 0 unspecified atom stereocenters. The SMILES string of the molecule is CCNCc1c(CC)nn(-c2ccc(C)c(Cl)c2)c1CC. The summed E-state index contributed by atoms with van der Waals surface area (Å²) >= 11 is 6.27. The lowest BCUT2D eigenvalue weighted by molar-refractivity contribution is 0.712. The Kier molecular flexibility index (Phi) is 5.43. The maximum Gasteiger partial charge on any atom is 0.0674 e. The number of benzene rings is 1. The van der Waals surface area contributed by atoms with Crippen molar-refractivity contribution >= 4 is 11.6 Å². The van der Waals surface area contributed by atoms with Crippen LogP contribution in [0.15, 0.2) is 18.2 Å². The molecule has 0 aliphatic heterocycles. The Hall–Kier alpha value is -1.32. The predicted octanol–water partition coefficient (Wildman–Crippen LogP) is 4.07.